The monoisotopic (exact) mass is 360 g/mol. The molecule has 1 aliphatic carbocycles. The lowest BCUT2D eigenvalue weighted by molar-refractivity contribution is -0.384. The minimum Gasteiger partial charge on any atom is -0.495 e. The zero-order valence-corrected chi connectivity index (χ0v) is 14.4. The molecule has 0 heterocycles. The lowest BCUT2D eigenvalue weighted by Gasteiger charge is -2.19. The molecule has 1 amide bonds. The van der Waals surface area contributed by atoms with E-state index in [4.69, 9.17) is 16.3 Å². The van der Waals surface area contributed by atoms with Gasteiger partial charge in [-0.05, 0) is 55.0 Å². The van der Waals surface area contributed by atoms with E-state index in [1.165, 1.54) is 29.3 Å². The van der Waals surface area contributed by atoms with Crippen LogP contribution in [0.15, 0.2) is 30.3 Å². The maximum absolute atomic E-state index is 12.6. The molecule has 0 saturated carbocycles. The summed E-state index contributed by atoms with van der Waals surface area (Å²) in [7, 11) is 1.54. The van der Waals surface area contributed by atoms with Crippen LogP contribution in [0.2, 0.25) is 5.02 Å². The Balaban J connectivity index is 1.93. The van der Waals surface area contributed by atoms with Gasteiger partial charge < -0.3 is 10.1 Å². The molecule has 25 heavy (non-hydrogen) atoms. The number of nitrogens with zero attached hydrogens (tertiary/aromatic N) is 1. The third-order valence-corrected chi connectivity index (χ3v) is 4.65. The molecule has 3 rings (SSSR count). The van der Waals surface area contributed by atoms with Crippen LogP contribution in [0.4, 0.5) is 11.4 Å². The molecule has 0 fully saturated rings. The molecule has 1 aliphatic rings. The summed E-state index contributed by atoms with van der Waals surface area (Å²) in [6.45, 7) is 0. The minimum atomic E-state index is -0.563. The van der Waals surface area contributed by atoms with Gasteiger partial charge in [0.2, 0.25) is 0 Å². The van der Waals surface area contributed by atoms with E-state index in [9.17, 15) is 14.9 Å². The molecule has 0 aromatic heterocycles. The normalized spacial score (nSPS) is 13.0. The van der Waals surface area contributed by atoms with E-state index in [-0.39, 0.29) is 16.3 Å². The number of fused-ring (bicyclic) bond motifs is 1. The summed E-state index contributed by atoms with van der Waals surface area (Å²) in [4.78, 5) is 22.9. The van der Waals surface area contributed by atoms with Crippen molar-refractivity contribution in [1.29, 1.82) is 0 Å². The number of hydrogen-bond donors (Lipinski definition) is 1. The Kier molecular flexibility index (Phi) is 4.90. The van der Waals surface area contributed by atoms with E-state index in [0.717, 1.165) is 25.7 Å². The lowest BCUT2D eigenvalue weighted by atomic mass is 9.91. The number of ether oxygens (including phenoxy) is 1. The Morgan fingerprint density at radius 2 is 1.88 bits per heavy atom. The molecule has 130 valence electrons. The quantitative estimate of drug-likeness (QED) is 0.647. The summed E-state index contributed by atoms with van der Waals surface area (Å²) < 4.78 is 5.38. The first-order valence-corrected chi connectivity index (χ1v) is 8.32. The molecule has 0 radical (unpaired) electrons. The highest BCUT2D eigenvalue weighted by Crippen LogP contribution is 2.33. The minimum absolute atomic E-state index is 0.0515. The van der Waals surface area contributed by atoms with Crippen LogP contribution in [0.3, 0.4) is 0 Å². The van der Waals surface area contributed by atoms with E-state index in [2.05, 4.69) is 5.32 Å². The lowest BCUT2D eigenvalue weighted by Crippen LogP contribution is -2.15. The topological polar surface area (TPSA) is 81.5 Å². The van der Waals surface area contributed by atoms with E-state index >= 15 is 0 Å². The fraction of sp³-hybridized carbons (Fsp3) is 0.278. The van der Waals surface area contributed by atoms with Crippen molar-refractivity contribution in [2.75, 3.05) is 12.4 Å². The second-order valence-electron chi connectivity index (χ2n) is 5.90. The zero-order chi connectivity index (χ0) is 18.0. The smallest absolute Gasteiger partial charge is 0.270 e. The summed E-state index contributed by atoms with van der Waals surface area (Å²) in [5, 5.41) is 13.8. The summed E-state index contributed by atoms with van der Waals surface area (Å²) in [6, 6.07) is 7.63. The van der Waals surface area contributed by atoms with Crippen molar-refractivity contribution in [3.8, 4) is 5.75 Å². The van der Waals surface area contributed by atoms with Gasteiger partial charge >= 0.3 is 0 Å². The highest BCUT2D eigenvalue weighted by Gasteiger charge is 2.19. The first-order valence-electron chi connectivity index (χ1n) is 7.94. The molecule has 2 aromatic carbocycles. The number of halogens is 1. The number of hydrogen-bond acceptors (Lipinski definition) is 4. The predicted octanol–water partition coefficient (Wildman–Crippen LogP) is 4.39. The SMILES string of the molecule is COc1cc2c(cc1NC(=O)c1cc([N+](=O)[O-])ccc1Cl)CCCC2. The van der Waals surface area contributed by atoms with Gasteiger partial charge in [-0.15, -0.1) is 0 Å². The van der Waals surface area contributed by atoms with Crippen molar-refractivity contribution >= 4 is 28.9 Å². The number of nitrogens with one attached hydrogen (secondary N) is 1. The van der Waals surface area contributed by atoms with Crippen LogP contribution < -0.4 is 10.1 Å². The van der Waals surface area contributed by atoms with E-state index < -0.39 is 10.8 Å². The molecule has 0 aliphatic heterocycles. The van der Waals surface area contributed by atoms with Gasteiger partial charge in [-0.3, -0.25) is 14.9 Å². The van der Waals surface area contributed by atoms with Crippen molar-refractivity contribution in [1.82, 2.24) is 0 Å². The molecular weight excluding hydrogens is 344 g/mol. The highest BCUT2D eigenvalue weighted by atomic mass is 35.5. The van der Waals surface area contributed by atoms with Crippen LogP contribution in [0.5, 0.6) is 5.75 Å². The fourth-order valence-electron chi connectivity index (χ4n) is 3.02. The second kappa shape index (κ2) is 7.11. The van der Waals surface area contributed by atoms with Gasteiger partial charge in [0.25, 0.3) is 11.6 Å². The maximum atomic E-state index is 12.6. The number of aryl methyl sites for hydroxylation is 2. The summed E-state index contributed by atoms with van der Waals surface area (Å²) >= 11 is 6.04. The molecule has 7 heteroatoms. The highest BCUT2D eigenvalue weighted by molar-refractivity contribution is 6.34. The fourth-order valence-corrected chi connectivity index (χ4v) is 3.22. The van der Waals surface area contributed by atoms with E-state index in [1.807, 2.05) is 12.1 Å². The Morgan fingerprint density at radius 1 is 1.20 bits per heavy atom. The standard InChI is InChI=1S/C18H17ClN2O4/c1-25-17-9-12-5-3-2-4-11(12)8-16(17)20-18(22)14-10-13(21(23)24)6-7-15(14)19/h6-10H,2-5H2,1H3,(H,20,22). The van der Waals surface area contributed by atoms with Crippen molar-refractivity contribution < 1.29 is 14.5 Å². The first kappa shape index (κ1) is 17.2. The largest absolute Gasteiger partial charge is 0.495 e. The van der Waals surface area contributed by atoms with Gasteiger partial charge in [-0.1, -0.05) is 11.6 Å². The number of methoxy groups -OCH3 is 1. The molecule has 0 atom stereocenters. The summed E-state index contributed by atoms with van der Waals surface area (Å²) in [6.07, 6.45) is 4.21. The third kappa shape index (κ3) is 3.58. The Bertz CT molecular complexity index is 851. The molecule has 1 N–H and O–H groups in total. The van der Waals surface area contributed by atoms with Gasteiger partial charge in [0.05, 0.1) is 28.3 Å². The first-order chi connectivity index (χ1) is 12.0. The number of amides is 1. The number of non-ortho nitro benzene ring substituents is 1. The van der Waals surface area contributed by atoms with Gasteiger partial charge in [-0.25, -0.2) is 0 Å². The molecule has 0 bridgehead atoms. The molecule has 6 nitrogen and oxygen atoms in total. The molecule has 2 aromatic rings. The van der Waals surface area contributed by atoms with Crippen LogP contribution in [0.25, 0.3) is 0 Å². The summed E-state index contributed by atoms with van der Waals surface area (Å²) in [5.41, 5.74) is 2.82. The number of nitro groups is 1. The van der Waals surface area contributed by atoms with Crippen LogP contribution in [0.1, 0.15) is 34.3 Å². The van der Waals surface area contributed by atoms with Gasteiger partial charge in [0, 0.05) is 12.1 Å². The van der Waals surface area contributed by atoms with Crippen molar-refractivity contribution in [2.45, 2.75) is 25.7 Å². The van der Waals surface area contributed by atoms with E-state index in [1.54, 1.807) is 7.11 Å². The zero-order valence-electron chi connectivity index (χ0n) is 13.7. The number of carbonyl (C=O) groups is 1. The van der Waals surface area contributed by atoms with Crippen molar-refractivity contribution in [3.63, 3.8) is 0 Å². The van der Waals surface area contributed by atoms with Gasteiger partial charge in [0.1, 0.15) is 5.75 Å². The Hall–Kier alpha value is -2.60. The summed E-state index contributed by atoms with van der Waals surface area (Å²) in [5.74, 6) is 0.0540. The number of rotatable bonds is 4. The third-order valence-electron chi connectivity index (χ3n) is 4.32. The Morgan fingerprint density at radius 3 is 2.52 bits per heavy atom. The number of carbonyl (C=O) groups excluding carboxylic acids is 1. The van der Waals surface area contributed by atoms with Crippen LogP contribution in [0, 0.1) is 10.1 Å². The average molecular weight is 361 g/mol. The number of benzene rings is 2. The van der Waals surface area contributed by atoms with Crippen LogP contribution in [-0.4, -0.2) is 17.9 Å². The van der Waals surface area contributed by atoms with Gasteiger partial charge in [0.15, 0.2) is 0 Å². The van der Waals surface area contributed by atoms with Crippen LogP contribution >= 0.6 is 11.6 Å². The van der Waals surface area contributed by atoms with Crippen molar-refractivity contribution in [2.24, 2.45) is 0 Å². The molecule has 0 saturated heterocycles. The number of anilines is 1. The average Bonchev–Trinajstić information content (AvgIpc) is 2.61. The molecular formula is C18H17ClN2O4. The van der Waals surface area contributed by atoms with Gasteiger partial charge in [-0.2, -0.15) is 0 Å². The molecule has 0 spiro atoms. The molecule has 0 unspecified atom stereocenters. The van der Waals surface area contributed by atoms with Crippen molar-refractivity contribution in [3.05, 3.63) is 62.2 Å². The van der Waals surface area contributed by atoms with E-state index in [0.29, 0.717) is 11.4 Å². The predicted molar refractivity (Wildman–Crippen MR) is 95.7 cm³/mol. The second-order valence-corrected chi connectivity index (χ2v) is 6.31. The van der Waals surface area contributed by atoms with Crippen LogP contribution in [-0.2, 0) is 12.8 Å². The Labute approximate surface area is 149 Å². The maximum Gasteiger partial charge on any atom is 0.270 e. The number of nitro benzene ring substituents is 1.